The minimum atomic E-state index is -4.82. The molecular weight excluding hydrogens is 328 g/mol. The van der Waals surface area contributed by atoms with Crippen molar-refractivity contribution < 1.29 is 32.1 Å². The van der Waals surface area contributed by atoms with Gasteiger partial charge in [-0.3, -0.25) is 0 Å². The van der Waals surface area contributed by atoms with Crippen molar-refractivity contribution >= 4 is 5.57 Å². The molecule has 0 amide bonds. The fraction of sp³-hybridized carbons (Fsp3) is 0.176. The van der Waals surface area contributed by atoms with Crippen molar-refractivity contribution in [3.63, 3.8) is 0 Å². The van der Waals surface area contributed by atoms with Crippen molar-refractivity contribution in [1.82, 2.24) is 0 Å². The summed E-state index contributed by atoms with van der Waals surface area (Å²) in [6.07, 6.45) is -4.82. The molecule has 0 unspecified atom stereocenters. The van der Waals surface area contributed by atoms with Gasteiger partial charge in [-0.05, 0) is 41.5 Å². The number of alkyl halides is 3. The molecule has 1 N–H and O–H groups in total. The number of ether oxygens (including phenoxy) is 2. The first-order valence-corrected chi connectivity index (χ1v) is 6.99. The third-order valence-electron chi connectivity index (χ3n) is 3.53. The van der Waals surface area contributed by atoms with Crippen LogP contribution in [0.5, 0.6) is 11.5 Å². The minimum absolute atomic E-state index is 0.0929. The van der Waals surface area contributed by atoms with Crippen LogP contribution in [0.1, 0.15) is 11.1 Å². The first kappa shape index (κ1) is 16.3. The van der Waals surface area contributed by atoms with Gasteiger partial charge in [0.2, 0.25) is 0 Å². The van der Waals surface area contributed by atoms with Gasteiger partial charge in [-0.25, -0.2) is 4.39 Å². The standard InChI is InChI=1S/C17H12F4O3/c18-12-3-1-10(2-4-12)16-11(8-22)9-23-15-6-5-13(7-14(15)16)24-17(19,20)21/h1-7,22H,8-9H2. The number of aliphatic hydroxyl groups is 1. The summed E-state index contributed by atoms with van der Waals surface area (Å²) in [4.78, 5) is 0. The molecule has 1 aliphatic heterocycles. The van der Waals surface area contributed by atoms with E-state index in [4.69, 9.17) is 4.74 Å². The summed E-state index contributed by atoms with van der Waals surface area (Å²) in [7, 11) is 0. The Morgan fingerprint density at radius 1 is 1.08 bits per heavy atom. The second-order valence-corrected chi connectivity index (χ2v) is 5.14. The second-order valence-electron chi connectivity index (χ2n) is 5.14. The molecule has 7 heteroatoms. The molecule has 2 aromatic rings. The summed E-state index contributed by atoms with van der Waals surface area (Å²) in [5.41, 5.74) is 1.90. The van der Waals surface area contributed by atoms with Crippen LogP contribution in [-0.4, -0.2) is 24.7 Å². The van der Waals surface area contributed by atoms with Gasteiger partial charge in [0.1, 0.15) is 23.9 Å². The fourth-order valence-electron chi connectivity index (χ4n) is 2.56. The van der Waals surface area contributed by atoms with Crippen LogP contribution in [0.25, 0.3) is 5.57 Å². The van der Waals surface area contributed by atoms with Crippen LogP contribution < -0.4 is 9.47 Å². The van der Waals surface area contributed by atoms with E-state index in [2.05, 4.69) is 4.74 Å². The van der Waals surface area contributed by atoms with Crippen LogP contribution >= 0.6 is 0 Å². The Balaban J connectivity index is 2.11. The van der Waals surface area contributed by atoms with E-state index in [1.165, 1.54) is 36.4 Å². The summed E-state index contributed by atoms with van der Waals surface area (Å²) in [5, 5.41) is 9.54. The zero-order valence-corrected chi connectivity index (χ0v) is 12.2. The lowest BCUT2D eigenvalue weighted by Crippen LogP contribution is -2.18. The van der Waals surface area contributed by atoms with Crippen LogP contribution in [0.4, 0.5) is 17.6 Å². The Bertz CT molecular complexity index is 779. The predicted molar refractivity (Wildman–Crippen MR) is 78.1 cm³/mol. The summed E-state index contributed by atoms with van der Waals surface area (Å²) in [6.45, 7) is -0.244. The maximum absolute atomic E-state index is 13.1. The van der Waals surface area contributed by atoms with Crippen molar-refractivity contribution in [2.24, 2.45) is 0 Å². The first-order valence-electron chi connectivity index (χ1n) is 6.99. The zero-order valence-electron chi connectivity index (χ0n) is 12.2. The highest BCUT2D eigenvalue weighted by molar-refractivity contribution is 5.86. The van der Waals surface area contributed by atoms with Crippen molar-refractivity contribution in [3.05, 3.63) is 65.0 Å². The van der Waals surface area contributed by atoms with Gasteiger partial charge in [-0.2, -0.15) is 0 Å². The molecule has 0 fully saturated rings. The molecule has 3 rings (SSSR count). The lowest BCUT2D eigenvalue weighted by molar-refractivity contribution is -0.274. The number of hydrogen-bond donors (Lipinski definition) is 1. The fourth-order valence-corrected chi connectivity index (χ4v) is 2.56. The smallest absolute Gasteiger partial charge is 0.488 e. The van der Waals surface area contributed by atoms with Gasteiger partial charge in [-0.15, -0.1) is 13.2 Å². The molecule has 0 aliphatic carbocycles. The molecule has 0 spiro atoms. The lowest BCUT2D eigenvalue weighted by Gasteiger charge is -2.24. The topological polar surface area (TPSA) is 38.7 Å². The van der Waals surface area contributed by atoms with Gasteiger partial charge in [0.15, 0.2) is 0 Å². The summed E-state index contributed by atoms with van der Waals surface area (Å²) >= 11 is 0. The molecule has 24 heavy (non-hydrogen) atoms. The van der Waals surface area contributed by atoms with Gasteiger partial charge in [0.25, 0.3) is 0 Å². The van der Waals surface area contributed by atoms with Crippen molar-refractivity contribution in [1.29, 1.82) is 0 Å². The number of halogens is 4. The normalized spacial score (nSPS) is 14.2. The highest BCUT2D eigenvalue weighted by atomic mass is 19.4. The summed E-state index contributed by atoms with van der Waals surface area (Å²) in [6, 6.07) is 9.17. The van der Waals surface area contributed by atoms with Crippen LogP contribution in [-0.2, 0) is 0 Å². The first-order chi connectivity index (χ1) is 11.4. The van der Waals surface area contributed by atoms with E-state index in [0.717, 1.165) is 6.07 Å². The van der Waals surface area contributed by atoms with Gasteiger partial charge in [0.05, 0.1) is 6.61 Å². The average Bonchev–Trinajstić information content (AvgIpc) is 2.53. The second kappa shape index (κ2) is 6.16. The van der Waals surface area contributed by atoms with E-state index in [-0.39, 0.29) is 13.2 Å². The van der Waals surface area contributed by atoms with Crippen LogP contribution in [0.15, 0.2) is 48.0 Å². The Morgan fingerprint density at radius 2 is 1.79 bits per heavy atom. The van der Waals surface area contributed by atoms with Crippen LogP contribution in [0, 0.1) is 5.82 Å². The summed E-state index contributed by atoms with van der Waals surface area (Å²) < 4.78 is 59.8. The molecule has 0 bridgehead atoms. The molecule has 2 aromatic carbocycles. The van der Waals surface area contributed by atoms with Gasteiger partial charge in [-0.1, -0.05) is 12.1 Å². The molecule has 1 heterocycles. The van der Waals surface area contributed by atoms with Gasteiger partial charge < -0.3 is 14.6 Å². The van der Waals surface area contributed by atoms with Gasteiger partial charge >= 0.3 is 6.36 Å². The molecule has 1 aliphatic rings. The van der Waals surface area contributed by atoms with E-state index in [1.807, 2.05) is 0 Å². The maximum Gasteiger partial charge on any atom is 0.573 e. The van der Waals surface area contributed by atoms with E-state index in [0.29, 0.717) is 28.0 Å². The molecule has 0 radical (unpaired) electrons. The summed E-state index contributed by atoms with van der Waals surface area (Å²) in [5.74, 6) is -0.476. The SMILES string of the molecule is OCC1=C(c2ccc(F)cc2)c2cc(OC(F)(F)F)ccc2OC1. The highest BCUT2D eigenvalue weighted by Crippen LogP contribution is 2.40. The lowest BCUT2D eigenvalue weighted by atomic mass is 9.91. The van der Waals surface area contributed by atoms with Crippen molar-refractivity contribution in [2.45, 2.75) is 6.36 Å². The molecule has 126 valence electrons. The van der Waals surface area contributed by atoms with Crippen molar-refractivity contribution in [3.8, 4) is 11.5 Å². The molecule has 3 nitrogen and oxygen atoms in total. The number of fused-ring (bicyclic) bond motifs is 1. The van der Waals surface area contributed by atoms with E-state index >= 15 is 0 Å². The van der Waals surface area contributed by atoms with E-state index in [1.54, 1.807) is 0 Å². The maximum atomic E-state index is 13.1. The van der Waals surface area contributed by atoms with Crippen LogP contribution in [0.3, 0.4) is 0 Å². The van der Waals surface area contributed by atoms with Gasteiger partial charge in [0, 0.05) is 11.1 Å². The molecule has 0 atom stereocenters. The number of aliphatic hydroxyl groups excluding tert-OH is 1. The Kier molecular flexibility index (Phi) is 4.19. The monoisotopic (exact) mass is 340 g/mol. The number of rotatable bonds is 3. The third-order valence-corrected chi connectivity index (χ3v) is 3.53. The minimum Gasteiger partial charge on any atom is -0.488 e. The van der Waals surface area contributed by atoms with E-state index < -0.39 is 17.9 Å². The van der Waals surface area contributed by atoms with Crippen molar-refractivity contribution in [2.75, 3.05) is 13.2 Å². The Morgan fingerprint density at radius 3 is 2.42 bits per heavy atom. The quantitative estimate of drug-likeness (QED) is 0.861. The van der Waals surface area contributed by atoms with Crippen LogP contribution in [0.2, 0.25) is 0 Å². The highest BCUT2D eigenvalue weighted by Gasteiger charge is 2.32. The Hall–Kier alpha value is -2.54. The number of hydrogen-bond acceptors (Lipinski definition) is 3. The molecule has 0 aromatic heterocycles. The zero-order chi connectivity index (χ0) is 17.3. The third kappa shape index (κ3) is 3.35. The molecular formula is C17H12F4O3. The predicted octanol–water partition coefficient (Wildman–Crippen LogP) is 3.91. The Labute approximate surface area is 134 Å². The molecule has 0 saturated carbocycles. The van der Waals surface area contributed by atoms with E-state index in [9.17, 15) is 22.7 Å². The largest absolute Gasteiger partial charge is 0.573 e. The number of benzene rings is 2. The average molecular weight is 340 g/mol. The molecule has 0 saturated heterocycles.